The summed E-state index contributed by atoms with van der Waals surface area (Å²) < 4.78 is 6.54. The Balaban J connectivity index is 1.77. The van der Waals surface area contributed by atoms with Gasteiger partial charge < -0.3 is 10.1 Å². The molecule has 0 fully saturated rings. The third-order valence-corrected chi connectivity index (χ3v) is 4.36. The molecule has 3 nitrogen and oxygen atoms in total. The van der Waals surface area contributed by atoms with Crippen LogP contribution in [0.1, 0.15) is 24.0 Å². The SMILES string of the molecule is Cc1cc(OCC(=O)NCC(C)c2ccccc2)ccc1Br. The van der Waals surface area contributed by atoms with Gasteiger partial charge in [0.2, 0.25) is 0 Å². The number of ether oxygens (including phenoxy) is 1. The number of carbonyl (C=O) groups excluding carboxylic acids is 1. The van der Waals surface area contributed by atoms with E-state index in [-0.39, 0.29) is 18.4 Å². The Morgan fingerprint density at radius 1 is 1.23 bits per heavy atom. The maximum atomic E-state index is 11.9. The van der Waals surface area contributed by atoms with E-state index >= 15 is 0 Å². The van der Waals surface area contributed by atoms with E-state index in [0.29, 0.717) is 12.3 Å². The van der Waals surface area contributed by atoms with Crippen LogP contribution in [0.25, 0.3) is 0 Å². The molecule has 0 saturated heterocycles. The number of rotatable bonds is 6. The van der Waals surface area contributed by atoms with Gasteiger partial charge in [0.1, 0.15) is 5.75 Å². The minimum atomic E-state index is -0.108. The molecule has 0 aliphatic heterocycles. The van der Waals surface area contributed by atoms with E-state index in [9.17, 15) is 4.79 Å². The quantitative estimate of drug-likeness (QED) is 0.842. The topological polar surface area (TPSA) is 38.3 Å². The third-order valence-electron chi connectivity index (χ3n) is 3.47. The first-order valence-corrected chi connectivity index (χ1v) is 8.06. The Hall–Kier alpha value is -1.81. The predicted molar refractivity (Wildman–Crippen MR) is 92.2 cm³/mol. The molecular weight excluding hydrogens is 342 g/mol. The highest BCUT2D eigenvalue weighted by Crippen LogP contribution is 2.21. The van der Waals surface area contributed by atoms with Gasteiger partial charge in [-0.3, -0.25) is 4.79 Å². The molecule has 0 heterocycles. The summed E-state index contributed by atoms with van der Waals surface area (Å²) >= 11 is 3.44. The minimum absolute atomic E-state index is 0.0303. The number of halogens is 1. The van der Waals surface area contributed by atoms with Gasteiger partial charge in [-0.25, -0.2) is 0 Å². The summed E-state index contributed by atoms with van der Waals surface area (Å²) in [7, 11) is 0. The zero-order valence-corrected chi connectivity index (χ0v) is 14.4. The molecule has 0 aliphatic carbocycles. The molecule has 2 rings (SSSR count). The maximum absolute atomic E-state index is 11.9. The highest BCUT2D eigenvalue weighted by molar-refractivity contribution is 9.10. The van der Waals surface area contributed by atoms with Crippen molar-refractivity contribution in [2.75, 3.05) is 13.2 Å². The van der Waals surface area contributed by atoms with Crippen LogP contribution in [0, 0.1) is 6.92 Å². The van der Waals surface area contributed by atoms with Crippen LogP contribution in [-0.2, 0) is 4.79 Å². The van der Waals surface area contributed by atoms with Gasteiger partial charge in [0.05, 0.1) is 0 Å². The number of aryl methyl sites for hydroxylation is 1. The Morgan fingerprint density at radius 2 is 1.95 bits per heavy atom. The van der Waals surface area contributed by atoms with Crippen molar-refractivity contribution < 1.29 is 9.53 Å². The Bertz CT molecular complexity index is 628. The number of hydrogen-bond donors (Lipinski definition) is 1. The van der Waals surface area contributed by atoms with Crippen LogP contribution in [0.4, 0.5) is 0 Å². The largest absolute Gasteiger partial charge is 0.484 e. The fourth-order valence-electron chi connectivity index (χ4n) is 2.07. The number of nitrogens with one attached hydrogen (secondary N) is 1. The van der Waals surface area contributed by atoms with Crippen molar-refractivity contribution in [2.24, 2.45) is 0 Å². The van der Waals surface area contributed by atoms with Gasteiger partial charge in [-0.05, 0) is 42.2 Å². The smallest absolute Gasteiger partial charge is 0.257 e. The number of benzene rings is 2. The van der Waals surface area contributed by atoms with Crippen LogP contribution < -0.4 is 10.1 Å². The molecule has 0 spiro atoms. The van der Waals surface area contributed by atoms with Crippen LogP contribution in [0.3, 0.4) is 0 Å². The lowest BCUT2D eigenvalue weighted by Crippen LogP contribution is -2.31. The number of amides is 1. The number of carbonyl (C=O) groups is 1. The second-order valence-electron chi connectivity index (χ2n) is 5.32. The van der Waals surface area contributed by atoms with Crippen molar-refractivity contribution >= 4 is 21.8 Å². The zero-order valence-electron chi connectivity index (χ0n) is 12.8. The zero-order chi connectivity index (χ0) is 15.9. The van der Waals surface area contributed by atoms with Crippen molar-refractivity contribution in [1.82, 2.24) is 5.32 Å². The predicted octanol–water partition coefficient (Wildman–Crippen LogP) is 4.06. The van der Waals surface area contributed by atoms with Crippen molar-refractivity contribution in [3.63, 3.8) is 0 Å². The lowest BCUT2D eigenvalue weighted by atomic mass is 10.0. The highest BCUT2D eigenvalue weighted by Gasteiger charge is 2.08. The summed E-state index contributed by atoms with van der Waals surface area (Å²) in [6, 6.07) is 15.8. The minimum Gasteiger partial charge on any atom is -0.484 e. The van der Waals surface area contributed by atoms with Crippen molar-refractivity contribution in [1.29, 1.82) is 0 Å². The summed E-state index contributed by atoms with van der Waals surface area (Å²) in [5.74, 6) is 0.871. The molecule has 1 amide bonds. The molecule has 1 N–H and O–H groups in total. The van der Waals surface area contributed by atoms with Gasteiger partial charge in [-0.1, -0.05) is 53.2 Å². The van der Waals surface area contributed by atoms with Crippen LogP contribution >= 0.6 is 15.9 Å². The number of hydrogen-bond acceptors (Lipinski definition) is 2. The third kappa shape index (κ3) is 4.88. The van der Waals surface area contributed by atoms with Gasteiger partial charge >= 0.3 is 0 Å². The summed E-state index contributed by atoms with van der Waals surface area (Å²) in [5, 5.41) is 2.90. The molecule has 116 valence electrons. The van der Waals surface area contributed by atoms with Crippen molar-refractivity contribution in [3.05, 3.63) is 64.1 Å². The van der Waals surface area contributed by atoms with Gasteiger partial charge in [-0.2, -0.15) is 0 Å². The molecular formula is C18H20BrNO2. The second kappa shape index (κ2) is 7.99. The molecule has 1 atom stereocenters. The molecule has 4 heteroatoms. The molecule has 0 aromatic heterocycles. The van der Waals surface area contributed by atoms with Gasteiger partial charge in [-0.15, -0.1) is 0 Å². The lowest BCUT2D eigenvalue weighted by Gasteiger charge is -2.13. The molecule has 0 radical (unpaired) electrons. The molecule has 2 aromatic carbocycles. The molecule has 22 heavy (non-hydrogen) atoms. The normalized spacial score (nSPS) is 11.8. The first kappa shape index (κ1) is 16.6. The molecule has 0 saturated carbocycles. The van der Waals surface area contributed by atoms with E-state index in [2.05, 4.69) is 40.3 Å². The van der Waals surface area contributed by atoms with E-state index in [1.54, 1.807) is 0 Å². The van der Waals surface area contributed by atoms with E-state index in [4.69, 9.17) is 4.74 Å². The Morgan fingerprint density at radius 3 is 2.64 bits per heavy atom. The molecule has 0 aliphatic rings. The van der Waals surface area contributed by atoms with E-state index < -0.39 is 0 Å². The second-order valence-corrected chi connectivity index (χ2v) is 6.17. The van der Waals surface area contributed by atoms with Gasteiger partial charge in [0.25, 0.3) is 5.91 Å². The fraction of sp³-hybridized carbons (Fsp3) is 0.278. The van der Waals surface area contributed by atoms with Crippen molar-refractivity contribution in [2.45, 2.75) is 19.8 Å². The highest BCUT2D eigenvalue weighted by atomic mass is 79.9. The van der Waals surface area contributed by atoms with E-state index in [1.807, 2.05) is 43.3 Å². The standard InChI is InChI=1S/C18H20BrNO2/c1-13-10-16(8-9-17(13)19)22-12-18(21)20-11-14(2)15-6-4-3-5-7-15/h3-10,14H,11-12H2,1-2H3,(H,20,21). The van der Waals surface area contributed by atoms with E-state index in [0.717, 1.165) is 10.0 Å². The fourth-order valence-corrected chi connectivity index (χ4v) is 2.32. The summed E-state index contributed by atoms with van der Waals surface area (Å²) in [6.45, 7) is 4.71. The van der Waals surface area contributed by atoms with Crippen LogP contribution in [0.15, 0.2) is 53.0 Å². The van der Waals surface area contributed by atoms with Gasteiger partial charge in [0, 0.05) is 11.0 Å². The Kier molecular flexibility index (Phi) is 6.01. The first-order valence-electron chi connectivity index (χ1n) is 7.27. The molecule has 1 unspecified atom stereocenters. The first-order chi connectivity index (χ1) is 10.6. The van der Waals surface area contributed by atoms with Crippen LogP contribution in [0.5, 0.6) is 5.75 Å². The Labute approximate surface area is 139 Å². The molecule has 0 bridgehead atoms. The van der Waals surface area contributed by atoms with Crippen molar-refractivity contribution in [3.8, 4) is 5.75 Å². The van der Waals surface area contributed by atoms with Gasteiger partial charge in [0.15, 0.2) is 6.61 Å². The molecule has 2 aromatic rings. The average Bonchev–Trinajstić information content (AvgIpc) is 2.54. The maximum Gasteiger partial charge on any atom is 0.257 e. The summed E-state index contributed by atoms with van der Waals surface area (Å²) in [5.41, 5.74) is 2.29. The summed E-state index contributed by atoms with van der Waals surface area (Å²) in [6.07, 6.45) is 0. The van der Waals surface area contributed by atoms with Crippen LogP contribution in [-0.4, -0.2) is 19.1 Å². The summed E-state index contributed by atoms with van der Waals surface area (Å²) in [4.78, 5) is 11.9. The van der Waals surface area contributed by atoms with E-state index in [1.165, 1.54) is 5.56 Å². The monoisotopic (exact) mass is 361 g/mol. The lowest BCUT2D eigenvalue weighted by molar-refractivity contribution is -0.123. The average molecular weight is 362 g/mol. The van der Waals surface area contributed by atoms with Crippen LogP contribution in [0.2, 0.25) is 0 Å².